The van der Waals surface area contributed by atoms with Crippen molar-refractivity contribution in [2.45, 2.75) is 5.88 Å². The van der Waals surface area contributed by atoms with Crippen molar-refractivity contribution >= 4 is 34.4 Å². The van der Waals surface area contributed by atoms with Crippen LogP contribution in [0.1, 0.15) is 5.82 Å². The summed E-state index contributed by atoms with van der Waals surface area (Å²) in [5.41, 5.74) is 1.30. The molecular formula is C7H6Cl2N4. The summed E-state index contributed by atoms with van der Waals surface area (Å²) >= 11 is 11.5. The van der Waals surface area contributed by atoms with Gasteiger partial charge in [0.05, 0.1) is 5.88 Å². The van der Waals surface area contributed by atoms with Gasteiger partial charge in [0, 0.05) is 7.05 Å². The van der Waals surface area contributed by atoms with E-state index in [1.165, 1.54) is 6.33 Å². The van der Waals surface area contributed by atoms with E-state index in [1.54, 1.807) is 4.57 Å². The zero-order valence-electron chi connectivity index (χ0n) is 6.83. The smallest absolute Gasteiger partial charge is 0.164 e. The Morgan fingerprint density at radius 1 is 1.46 bits per heavy atom. The van der Waals surface area contributed by atoms with E-state index in [4.69, 9.17) is 23.2 Å². The van der Waals surface area contributed by atoms with Crippen molar-refractivity contribution in [3.8, 4) is 0 Å². The predicted octanol–water partition coefficient (Wildman–Crippen LogP) is 1.76. The lowest BCUT2D eigenvalue weighted by atomic mass is 10.6. The maximum atomic E-state index is 5.83. The molecule has 0 unspecified atom stereocenters. The lowest BCUT2D eigenvalue weighted by molar-refractivity contribution is 0.861. The minimum atomic E-state index is 0.336. The van der Waals surface area contributed by atoms with Gasteiger partial charge in [-0.3, -0.25) is 0 Å². The van der Waals surface area contributed by atoms with Gasteiger partial charge in [-0.1, -0.05) is 11.6 Å². The van der Waals surface area contributed by atoms with Crippen molar-refractivity contribution in [1.82, 2.24) is 19.5 Å². The van der Waals surface area contributed by atoms with Gasteiger partial charge in [-0.05, 0) is 0 Å². The molecule has 2 aromatic rings. The highest BCUT2D eigenvalue weighted by Gasteiger charge is 2.10. The summed E-state index contributed by atoms with van der Waals surface area (Å²) in [4.78, 5) is 12.1. The molecule has 0 N–H and O–H groups in total. The van der Waals surface area contributed by atoms with Crippen LogP contribution >= 0.6 is 23.2 Å². The highest BCUT2D eigenvalue weighted by molar-refractivity contribution is 6.33. The van der Waals surface area contributed by atoms with Crippen LogP contribution in [0.2, 0.25) is 5.15 Å². The van der Waals surface area contributed by atoms with Gasteiger partial charge in [-0.25, -0.2) is 15.0 Å². The molecule has 0 saturated heterocycles. The summed E-state index contributed by atoms with van der Waals surface area (Å²) in [7, 11) is 1.84. The minimum Gasteiger partial charge on any atom is -0.315 e. The van der Waals surface area contributed by atoms with E-state index in [0.29, 0.717) is 22.2 Å². The first kappa shape index (κ1) is 8.72. The minimum absolute atomic E-state index is 0.336. The van der Waals surface area contributed by atoms with Gasteiger partial charge in [0.25, 0.3) is 0 Å². The molecule has 13 heavy (non-hydrogen) atoms. The Morgan fingerprint density at radius 3 is 2.85 bits per heavy atom. The molecule has 0 fully saturated rings. The van der Waals surface area contributed by atoms with Crippen molar-refractivity contribution in [3.63, 3.8) is 0 Å². The Kier molecular flexibility index (Phi) is 2.09. The van der Waals surface area contributed by atoms with Gasteiger partial charge < -0.3 is 4.57 Å². The number of halogens is 2. The van der Waals surface area contributed by atoms with Gasteiger partial charge in [0.2, 0.25) is 0 Å². The van der Waals surface area contributed by atoms with E-state index in [1.807, 2.05) is 7.05 Å². The standard InChI is InChI=1S/C7H6Cl2N4/c1-13-4(2-8)12-5-6(9)10-3-11-7(5)13/h3H,2H2,1H3. The van der Waals surface area contributed by atoms with E-state index >= 15 is 0 Å². The molecular weight excluding hydrogens is 211 g/mol. The Labute approximate surface area is 84.5 Å². The van der Waals surface area contributed by atoms with Crippen molar-refractivity contribution in [1.29, 1.82) is 0 Å². The van der Waals surface area contributed by atoms with Crippen molar-refractivity contribution in [3.05, 3.63) is 17.3 Å². The van der Waals surface area contributed by atoms with Crippen molar-refractivity contribution in [2.75, 3.05) is 0 Å². The molecule has 0 saturated carbocycles. The quantitative estimate of drug-likeness (QED) is 0.539. The number of rotatable bonds is 1. The molecule has 68 valence electrons. The molecule has 2 heterocycles. The summed E-state index contributed by atoms with van der Waals surface area (Å²) in [5, 5.41) is 0.358. The molecule has 0 spiro atoms. The first-order valence-corrected chi connectivity index (χ1v) is 4.53. The molecule has 2 rings (SSSR count). The van der Waals surface area contributed by atoms with E-state index in [2.05, 4.69) is 15.0 Å². The van der Waals surface area contributed by atoms with Crippen LogP contribution in [0.3, 0.4) is 0 Å². The van der Waals surface area contributed by atoms with Gasteiger partial charge in [-0.2, -0.15) is 0 Å². The Balaban J connectivity index is 2.83. The highest BCUT2D eigenvalue weighted by Crippen LogP contribution is 2.19. The van der Waals surface area contributed by atoms with Crippen LogP contribution in [-0.4, -0.2) is 19.5 Å². The molecule has 0 bridgehead atoms. The molecule has 0 aliphatic carbocycles. The van der Waals surface area contributed by atoms with Crippen molar-refractivity contribution in [2.24, 2.45) is 7.05 Å². The van der Waals surface area contributed by atoms with Crippen LogP contribution in [-0.2, 0) is 12.9 Å². The zero-order chi connectivity index (χ0) is 9.42. The number of aromatic nitrogens is 4. The lowest BCUT2D eigenvalue weighted by Crippen LogP contribution is -1.95. The van der Waals surface area contributed by atoms with Crippen molar-refractivity contribution < 1.29 is 0 Å². The number of alkyl halides is 1. The van der Waals surface area contributed by atoms with Crippen LogP contribution in [0.15, 0.2) is 6.33 Å². The molecule has 0 aliphatic heterocycles. The molecule has 4 nitrogen and oxygen atoms in total. The van der Waals surface area contributed by atoms with Crippen LogP contribution in [0, 0.1) is 0 Å². The summed E-state index contributed by atoms with van der Waals surface area (Å²) in [6.07, 6.45) is 1.41. The molecule has 0 aliphatic rings. The van der Waals surface area contributed by atoms with Gasteiger partial charge >= 0.3 is 0 Å². The lowest BCUT2D eigenvalue weighted by Gasteiger charge is -1.95. The second kappa shape index (κ2) is 3.12. The fourth-order valence-electron chi connectivity index (χ4n) is 1.14. The predicted molar refractivity (Wildman–Crippen MR) is 50.9 cm³/mol. The number of hydrogen-bond donors (Lipinski definition) is 0. The van der Waals surface area contributed by atoms with E-state index < -0.39 is 0 Å². The van der Waals surface area contributed by atoms with Crippen LogP contribution in [0.5, 0.6) is 0 Å². The van der Waals surface area contributed by atoms with E-state index in [-0.39, 0.29) is 0 Å². The van der Waals surface area contributed by atoms with Gasteiger partial charge in [-0.15, -0.1) is 11.6 Å². The largest absolute Gasteiger partial charge is 0.315 e. The van der Waals surface area contributed by atoms with Crippen LogP contribution in [0.25, 0.3) is 11.2 Å². The maximum Gasteiger partial charge on any atom is 0.164 e. The first-order valence-electron chi connectivity index (χ1n) is 3.62. The second-order valence-corrected chi connectivity index (χ2v) is 3.18. The monoisotopic (exact) mass is 216 g/mol. The fourth-order valence-corrected chi connectivity index (χ4v) is 1.55. The van der Waals surface area contributed by atoms with Gasteiger partial charge in [0.1, 0.15) is 17.7 Å². The molecule has 0 amide bonds. The van der Waals surface area contributed by atoms with E-state index in [0.717, 1.165) is 5.82 Å². The molecule has 2 aromatic heterocycles. The molecule has 0 atom stereocenters. The number of fused-ring (bicyclic) bond motifs is 1. The highest BCUT2D eigenvalue weighted by atomic mass is 35.5. The third-order valence-corrected chi connectivity index (χ3v) is 2.34. The number of imidazole rings is 1. The Bertz CT molecular complexity index is 451. The zero-order valence-corrected chi connectivity index (χ0v) is 8.34. The maximum absolute atomic E-state index is 5.83. The fraction of sp³-hybridized carbons (Fsp3) is 0.286. The average molecular weight is 217 g/mol. The number of hydrogen-bond acceptors (Lipinski definition) is 3. The third-order valence-electron chi connectivity index (χ3n) is 1.82. The normalized spacial score (nSPS) is 11.0. The second-order valence-electron chi connectivity index (χ2n) is 2.56. The summed E-state index contributed by atoms with van der Waals surface area (Å²) < 4.78 is 1.80. The van der Waals surface area contributed by atoms with Gasteiger partial charge in [0.15, 0.2) is 10.8 Å². The summed E-state index contributed by atoms with van der Waals surface area (Å²) in [6, 6.07) is 0. The van der Waals surface area contributed by atoms with E-state index in [9.17, 15) is 0 Å². The summed E-state index contributed by atoms with van der Waals surface area (Å²) in [6.45, 7) is 0. The number of aryl methyl sites for hydroxylation is 1. The Hall–Kier alpha value is -0.870. The molecule has 0 radical (unpaired) electrons. The van der Waals surface area contributed by atoms with Crippen LogP contribution in [0.4, 0.5) is 0 Å². The van der Waals surface area contributed by atoms with Crippen LogP contribution < -0.4 is 0 Å². The summed E-state index contributed by atoms with van der Waals surface area (Å²) in [5.74, 6) is 1.07. The topological polar surface area (TPSA) is 43.6 Å². The molecule has 0 aromatic carbocycles. The third kappa shape index (κ3) is 1.26. The first-order chi connectivity index (χ1) is 6.24. The SMILES string of the molecule is Cn1c(CCl)nc2c(Cl)ncnc21. The Morgan fingerprint density at radius 2 is 2.23 bits per heavy atom. The average Bonchev–Trinajstić information content (AvgIpc) is 2.45. The number of nitrogens with zero attached hydrogens (tertiary/aromatic N) is 4. The molecule has 6 heteroatoms.